The van der Waals surface area contributed by atoms with Crippen molar-refractivity contribution in [1.82, 2.24) is 35.6 Å². The predicted molar refractivity (Wildman–Crippen MR) is 164 cm³/mol. The van der Waals surface area contributed by atoms with Gasteiger partial charge in [0.2, 0.25) is 24.5 Å². The van der Waals surface area contributed by atoms with Crippen LogP contribution in [0, 0.1) is 5.92 Å². The summed E-state index contributed by atoms with van der Waals surface area (Å²) in [6.45, 7) is 6.34. The Balaban J connectivity index is 1.40. The Morgan fingerprint density at radius 1 is 1.00 bits per heavy atom. The van der Waals surface area contributed by atoms with E-state index in [9.17, 15) is 19.2 Å². The highest BCUT2D eigenvalue weighted by molar-refractivity contribution is 5.95. The summed E-state index contributed by atoms with van der Waals surface area (Å²) in [5.41, 5.74) is 1.17. The molecule has 2 aromatic carbocycles. The molecule has 0 spiro atoms. The molecule has 0 bridgehead atoms. The lowest BCUT2D eigenvalue weighted by Gasteiger charge is -2.24. The van der Waals surface area contributed by atoms with Crippen LogP contribution in [0.3, 0.4) is 0 Å². The standard InChI is InChI=1S/C32H39N7O6/c1-20(2)16-24-31(42)34-21(3)30-36-29(22-8-5-4-6-9-22)37-39(30)18-28(41)33-13-15-38(14-7-10-27(40)35-24)32(43)23-11-12-25-26(17-23)45-19-44-25/h4-6,8-9,11-12,17,20-21,24H,7,10,13-16,18-19H2,1-3H3,(H,33,41)(H,34,42)(H,35,40)/t21-,24+/m0/s1. The first-order valence-corrected chi connectivity index (χ1v) is 15.2. The van der Waals surface area contributed by atoms with Crippen LogP contribution in [0.1, 0.15) is 62.3 Å². The summed E-state index contributed by atoms with van der Waals surface area (Å²) in [4.78, 5) is 59.4. The van der Waals surface area contributed by atoms with E-state index in [-0.39, 0.29) is 68.9 Å². The Hall–Kier alpha value is -4.94. The molecular formula is C32H39N7O6. The molecular weight excluding hydrogens is 578 g/mol. The first kappa shape index (κ1) is 31.5. The van der Waals surface area contributed by atoms with Crippen LogP contribution in [-0.2, 0) is 20.9 Å². The van der Waals surface area contributed by atoms with Gasteiger partial charge >= 0.3 is 0 Å². The molecule has 0 radical (unpaired) electrons. The van der Waals surface area contributed by atoms with Crippen molar-refractivity contribution < 1.29 is 28.7 Å². The maximum Gasteiger partial charge on any atom is 0.254 e. The van der Waals surface area contributed by atoms with Gasteiger partial charge in [-0.15, -0.1) is 0 Å². The van der Waals surface area contributed by atoms with Gasteiger partial charge in [0.1, 0.15) is 18.4 Å². The number of ether oxygens (including phenoxy) is 2. The third-order valence-corrected chi connectivity index (χ3v) is 7.57. The monoisotopic (exact) mass is 617 g/mol. The highest BCUT2D eigenvalue weighted by atomic mass is 16.7. The van der Waals surface area contributed by atoms with Crippen LogP contribution in [0.25, 0.3) is 11.4 Å². The summed E-state index contributed by atoms with van der Waals surface area (Å²) < 4.78 is 12.3. The van der Waals surface area contributed by atoms with Crippen molar-refractivity contribution in [3.8, 4) is 22.9 Å². The number of hydrogen-bond donors (Lipinski definition) is 3. The van der Waals surface area contributed by atoms with Gasteiger partial charge in [-0.25, -0.2) is 9.67 Å². The molecule has 2 aliphatic rings. The minimum atomic E-state index is -0.768. The second-order valence-electron chi connectivity index (χ2n) is 11.6. The minimum Gasteiger partial charge on any atom is -0.454 e. The second-order valence-corrected chi connectivity index (χ2v) is 11.6. The summed E-state index contributed by atoms with van der Waals surface area (Å²) in [5.74, 6) is 0.777. The van der Waals surface area contributed by atoms with E-state index in [4.69, 9.17) is 9.47 Å². The zero-order valence-electron chi connectivity index (χ0n) is 25.7. The number of carbonyl (C=O) groups excluding carboxylic acids is 4. The van der Waals surface area contributed by atoms with Crippen molar-refractivity contribution in [3.05, 3.63) is 59.9 Å². The van der Waals surface area contributed by atoms with Gasteiger partial charge in [0.15, 0.2) is 17.3 Å². The van der Waals surface area contributed by atoms with Crippen molar-refractivity contribution in [2.75, 3.05) is 26.4 Å². The number of benzene rings is 2. The number of fused-ring (bicyclic) bond motifs is 2. The summed E-state index contributed by atoms with van der Waals surface area (Å²) in [6.07, 6.45) is 0.914. The number of nitrogens with zero attached hydrogens (tertiary/aromatic N) is 4. The molecule has 0 saturated heterocycles. The molecule has 5 rings (SSSR count). The maximum absolute atomic E-state index is 13.5. The Kier molecular flexibility index (Phi) is 9.95. The second kappa shape index (κ2) is 14.2. The molecule has 45 heavy (non-hydrogen) atoms. The van der Waals surface area contributed by atoms with Crippen molar-refractivity contribution in [3.63, 3.8) is 0 Å². The van der Waals surface area contributed by atoms with Gasteiger partial charge in [-0.1, -0.05) is 44.2 Å². The van der Waals surface area contributed by atoms with Crippen LogP contribution in [-0.4, -0.2) is 75.8 Å². The molecule has 3 aromatic rings. The summed E-state index contributed by atoms with van der Waals surface area (Å²) in [5, 5.41) is 13.3. The normalized spacial score (nSPS) is 19.7. The average Bonchev–Trinajstić information content (AvgIpc) is 3.66. The molecule has 0 saturated carbocycles. The fourth-order valence-electron chi connectivity index (χ4n) is 5.33. The fourth-order valence-corrected chi connectivity index (χ4v) is 5.33. The average molecular weight is 618 g/mol. The van der Waals surface area contributed by atoms with E-state index in [0.29, 0.717) is 41.6 Å². The molecule has 1 aromatic heterocycles. The van der Waals surface area contributed by atoms with Gasteiger partial charge < -0.3 is 30.3 Å². The minimum absolute atomic E-state index is 0.0900. The van der Waals surface area contributed by atoms with Gasteiger partial charge in [0, 0.05) is 37.2 Å². The SMILES string of the molecule is CC(C)C[C@H]1NC(=O)CCCN(C(=O)c2ccc3c(c2)OCO3)CCNC(=O)Cn2nc(-c3ccccc3)nc2[C@H](C)NC1=O. The van der Waals surface area contributed by atoms with E-state index in [1.165, 1.54) is 4.68 Å². The maximum atomic E-state index is 13.5. The van der Waals surface area contributed by atoms with E-state index >= 15 is 0 Å². The lowest BCUT2D eigenvalue weighted by molar-refractivity contribution is -0.129. The van der Waals surface area contributed by atoms with Crippen LogP contribution >= 0.6 is 0 Å². The third kappa shape index (κ3) is 7.97. The molecule has 0 aliphatic carbocycles. The van der Waals surface area contributed by atoms with Gasteiger partial charge in [-0.2, -0.15) is 5.10 Å². The molecule has 2 atom stereocenters. The molecule has 13 nitrogen and oxygen atoms in total. The summed E-state index contributed by atoms with van der Waals surface area (Å²) in [7, 11) is 0. The largest absolute Gasteiger partial charge is 0.454 e. The topological polar surface area (TPSA) is 157 Å². The Labute approximate surface area is 261 Å². The number of nitrogens with one attached hydrogen (secondary N) is 3. The molecule has 3 N–H and O–H groups in total. The Morgan fingerprint density at radius 3 is 2.56 bits per heavy atom. The summed E-state index contributed by atoms with van der Waals surface area (Å²) >= 11 is 0. The summed E-state index contributed by atoms with van der Waals surface area (Å²) in [6, 6.07) is 13.0. The predicted octanol–water partition coefficient (Wildman–Crippen LogP) is 2.43. The van der Waals surface area contributed by atoms with Crippen LogP contribution < -0.4 is 25.4 Å². The fraction of sp³-hybridized carbons (Fsp3) is 0.438. The smallest absolute Gasteiger partial charge is 0.254 e. The van der Waals surface area contributed by atoms with Crippen LogP contribution in [0.15, 0.2) is 48.5 Å². The molecule has 238 valence electrons. The van der Waals surface area contributed by atoms with Crippen molar-refractivity contribution in [2.24, 2.45) is 5.92 Å². The van der Waals surface area contributed by atoms with E-state index in [1.54, 1.807) is 30.0 Å². The van der Waals surface area contributed by atoms with Crippen molar-refractivity contribution in [1.29, 1.82) is 0 Å². The first-order chi connectivity index (χ1) is 21.7. The van der Waals surface area contributed by atoms with E-state index < -0.39 is 12.1 Å². The molecule has 4 amide bonds. The quantitative estimate of drug-likeness (QED) is 0.403. The molecule has 3 heterocycles. The first-order valence-electron chi connectivity index (χ1n) is 15.2. The van der Waals surface area contributed by atoms with E-state index in [2.05, 4.69) is 26.0 Å². The van der Waals surface area contributed by atoms with Gasteiger partial charge in [0.05, 0.1) is 6.04 Å². The van der Waals surface area contributed by atoms with Crippen molar-refractivity contribution >= 4 is 23.6 Å². The molecule has 13 heteroatoms. The molecule has 0 fully saturated rings. The highest BCUT2D eigenvalue weighted by Crippen LogP contribution is 2.33. The van der Waals surface area contributed by atoms with Gasteiger partial charge in [0.25, 0.3) is 5.91 Å². The number of carbonyl (C=O) groups is 4. The zero-order chi connectivity index (χ0) is 31.9. The zero-order valence-corrected chi connectivity index (χ0v) is 25.7. The van der Waals surface area contributed by atoms with Crippen molar-refractivity contribution in [2.45, 2.75) is 58.7 Å². The Bertz CT molecular complexity index is 1540. The van der Waals surface area contributed by atoms with Crippen LogP contribution in [0.5, 0.6) is 11.5 Å². The molecule has 0 unspecified atom stereocenters. The van der Waals surface area contributed by atoms with E-state index in [1.807, 2.05) is 44.2 Å². The number of rotatable bonds is 4. The lowest BCUT2D eigenvalue weighted by Crippen LogP contribution is -2.48. The number of hydrogen-bond acceptors (Lipinski definition) is 8. The van der Waals surface area contributed by atoms with Gasteiger partial charge in [-0.05, 0) is 43.9 Å². The van der Waals surface area contributed by atoms with E-state index in [0.717, 1.165) is 5.56 Å². The number of amides is 4. The third-order valence-electron chi connectivity index (χ3n) is 7.57. The lowest BCUT2D eigenvalue weighted by atomic mass is 10.0. The molecule has 2 aliphatic heterocycles. The van der Waals surface area contributed by atoms with Gasteiger partial charge in [-0.3, -0.25) is 19.2 Å². The van der Waals surface area contributed by atoms with Crippen LogP contribution in [0.2, 0.25) is 0 Å². The Morgan fingerprint density at radius 2 is 1.78 bits per heavy atom. The van der Waals surface area contributed by atoms with Crippen LogP contribution in [0.4, 0.5) is 0 Å². The highest BCUT2D eigenvalue weighted by Gasteiger charge is 2.27. The number of aromatic nitrogens is 3.